The van der Waals surface area contributed by atoms with E-state index in [-0.39, 0.29) is 17.9 Å². The zero-order valence-corrected chi connectivity index (χ0v) is 28.0. The van der Waals surface area contributed by atoms with Gasteiger partial charge in [0.05, 0.1) is 24.2 Å². The Labute approximate surface area is 284 Å². The number of carbonyl (C=O) groups excluding carboxylic acids is 3. The van der Waals surface area contributed by atoms with Gasteiger partial charge in [-0.25, -0.2) is 9.59 Å². The van der Waals surface area contributed by atoms with Crippen LogP contribution in [0.1, 0.15) is 52.9 Å². The third kappa shape index (κ3) is 15.5. The lowest BCUT2D eigenvalue weighted by Gasteiger charge is -2.30. The number of aliphatic hydroxyl groups excluding tert-OH is 4. The number of Topliss-reactive ketones (excluding diaryl/α,β-unsaturated/α-hetero) is 1. The highest BCUT2D eigenvalue weighted by Gasteiger charge is 2.36. The minimum absolute atomic E-state index is 0.0584. The van der Waals surface area contributed by atoms with Crippen molar-refractivity contribution in [1.82, 2.24) is 0 Å². The van der Waals surface area contributed by atoms with Gasteiger partial charge in [-0.3, -0.25) is 9.59 Å². The molecule has 0 aliphatic heterocycles. The Bertz CT molecular complexity index is 1240. The highest BCUT2D eigenvalue weighted by atomic mass is 35.5. The van der Waals surface area contributed by atoms with Crippen molar-refractivity contribution in [2.45, 2.75) is 94.9 Å². The third-order valence-corrected chi connectivity index (χ3v) is 8.32. The fraction of sp³-hybridized carbons (Fsp3) is 0.515. The van der Waals surface area contributed by atoms with Gasteiger partial charge in [0.15, 0.2) is 5.78 Å². The standard InChI is InChI=1S/C33H45Cl2NO11/c1-4-5-13-26(47-33(36)45)29(35)24(38)18-25(39)31(42)30(41)20(3)22(34)12-8-6-10-19(2)11-7-9-14-28(40)46-27-17-21(32(43)44)15-16-23(27)37/h5-14,20-21,23-24,26-27,29-31,37-38,41-42H,4,15-18H2,1-3H3,(H2,36,45)(H,43,44)/b8-6+,11-7+,13-5+,14-9+,19-10+,22-12-/t20?,21-,23-,24?,26?,27+,29?,30?,31?/m0/s1. The van der Waals surface area contributed by atoms with Crippen molar-refractivity contribution >= 4 is 47.0 Å². The summed E-state index contributed by atoms with van der Waals surface area (Å²) in [6.07, 6.45) is 6.95. The van der Waals surface area contributed by atoms with E-state index in [1.165, 1.54) is 31.2 Å². The molecule has 1 aliphatic carbocycles. The van der Waals surface area contributed by atoms with Crippen molar-refractivity contribution in [3.05, 3.63) is 71.4 Å². The van der Waals surface area contributed by atoms with Crippen LogP contribution in [0.4, 0.5) is 4.79 Å². The minimum atomic E-state index is -1.89. The predicted molar refractivity (Wildman–Crippen MR) is 176 cm³/mol. The van der Waals surface area contributed by atoms with E-state index in [1.54, 1.807) is 43.4 Å². The molecule has 0 heterocycles. The number of alkyl halides is 1. The van der Waals surface area contributed by atoms with Crippen LogP contribution in [0, 0.1) is 11.8 Å². The lowest BCUT2D eigenvalue weighted by molar-refractivity contribution is -0.159. The van der Waals surface area contributed by atoms with Crippen LogP contribution in [0.3, 0.4) is 0 Å². The normalized spacial score (nSPS) is 23.5. The molecule has 14 heteroatoms. The maximum absolute atomic E-state index is 12.6. The fourth-order valence-electron chi connectivity index (χ4n) is 4.46. The van der Waals surface area contributed by atoms with Gasteiger partial charge in [0.1, 0.15) is 23.7 Å². The molecule has 47 heavy (non-hydrogen) atoms. The maximum Gasteiger partial charge on any atom is 0.405 e. The molecule has 0 spiro atoms. The topological polar surface area (TPSA) is 214 Å². The van der Waals surface area contributed by atoms with Crippen LogP contribution in [-0.2, 0) is 23.9 Å². The maximum atomic E-state index is 12.6. The number of carboxylic acids is 1. The van der Waals surface area contributed by atoms with E-state index in [9.17, 15) is 39.6 Å². The Morgan fingerprint density at radius 3 is 2.28 bits per heavy atom. The smallest absolute Gasteiger partial charge is 0.405 e. The lowest BCUT2D eigenvalue weighted by Crippen LogP contribution is -2.43. The molecule has 0 bridgehead atoms. The van der Waals surface area contributed by atoms with Gasteiger partial charge in [-0.1, -0.05) is 73.6 Å². The summed E-state index contributed by atoms with van der Waals surface area (Å²) in [7, 11) is 0. The van der Waals surface area contributed by atoms with E-state index in [2.05, 4.69) is 0 Å². The number of carboxylic acid groups (broad SMARTS) is 1. The van der Waals surface area contributed by atoms with Crippen molar-refractivity contribution in [2.24, 2.45) is 17.6 Å². The summed E-state index contributed by atoms with van der Waals surface area (Å²) in [6.45, 7) is 5.12. The number of hydrogen-bond donors (Lipinski definition) is 6. The van der Waals surface area contributed by atoms with Crippen LogP contribution in [0.15, 0.2) is 71.4 Å². The average molecular weight is 703 g/mol. The Hall–Kier alpha value is -3.26. The molecule has 0 aromatic carbocycles. The molecule has 6 unspecified atom stereocenters. The summed E-state index contributed by atoms with van der Waals surface area (Å²) >= 11 is 12.5. The van der Waals surface area contributed by atoms with Gasteiger partial charge in [0, 0.05) is 29.9 Å². The lowest BCUT2D eigenvalue weighted by atomic mass is 9.85. The quantitative estimate of drug-likeness (QED) is 0.0399. The Balaban J connectivity index is 2.66. The Kier molecular flexibility index (Phi) is 19.2. The molecular formula is C33H45Cl2NO11. The van der Waals surface area contributed by atoms with Crippen LogP contribution in [0.25, 0.3) is 0 Å². The summed E-state index contributed by atoms with van der Waals surface area (Å²) in [5, 5.41) is 49.4. The van der Waals surface area contributed by atoms with Crippen molar-refractivity contribution in [3.63, 3.8) is 0 Å². The summed E-state index contributed by atoms with van der Waals surface area (Å²) < 4.78 is 10.1. The molecule has 1 amide bonds. The fourth-order valence-corrected chi connectivity index (χ4v) is 4.88. The molecule has 1 fully saturated rings. The molecule has 1 aliphatic rings. The molecule has 0 radical (unpaired) electrons. The number of amides is 1. The van der Waals surface area contributed by atoms with Crippen molar-refractivity contribution in [3.8, 4) is 0 Å². The van der Waals surface area contributed by atoms with Gasteiger partial charge in [0.25, 0.3) is 0 Å². The summed E-state index contributed by atoms with van der Waals surface area (Å²) in [6, 6.07) is 0. The molecule has 7 N–H and O–H groups in total. The van der Waals surface area contributed by atoms with E-state index in [0.717, 1.165) is 5.57 Å². The molecule has 12 nitrogen and oxygen atoms in total. The van der Waals surface area contributed by atoms with E-state index in [4.69, 9.17) is 43.5 Å². The molecule has 262 valence electrons. The number of allylic oxidation sites excluding steroid dienone is 9. The van der Waals surface area contributed by atoms with Gasteiger partial charge < -0.3 is 40.7 Å². The number of ether oxygens (including phenoxy) is 2. The second-order valence-corrected chi connectivity index (χ2v) is 12.0. The molecule has 1 rings (SSSR count). The number of esters is 1. The summed E-state index contributed by atoms with van der Waals surface area (Å²) in [5.74, 6) is -4.10. The van der Waals surface area contributed by atoms with Crippen molar-refractivity contribution in [2.75, 3.05) is 0 Å². The average Bonchev–Trinajstić information content (AvgIpc) is 3.02. The highest BCUT2D eigenvalue weighted by molar-refractivity contribution is 6.30. The first-order valence-corrected chi connectivity index (χ1v) is 15.9. The number of aliphatic carboxylic acids is 1. The van der Waals surface area contributed by atoms with Crippen molar-refractivity contribution in [1.29, 1.82) is 0 Å². The van der Waals surface area contributed by atoms with Gasteiger partial charge in [-0.15, -0.1) is 11.6 Å². The monoisotopic (exact) mass is 701 g/mol. The Morgan fingerprint density at radius 1 is 1.02 bits per heavy atom. The number of nitrogens with two attached hydrogens (primary N) is 1. The second kappa shape index (κ2) is 21.6. The third-order valence-electron chi connectivity index (χ3n) is 7.31. The van der Waals surface area contributed by atoms with Crippen molar-refractivity contribution < 1.29 is 54.2 Å². The molecular weight excluding hydrogens is 657 g/mol. The number of ketones is 1. The van der Waals surface area contributed by atoms with Gasteiger partial charge in [0.2, 0.25) is 0 Å². The van der Waals surface area contributed by atoms with Gasteiger partial charge in [-0.2, -0.15) is 0 Å². The minimum Gasteiger partial charge on any atom is -0.481 e. The first-order valence-electron chi connectivity index (χ1n) is 15.1. The number of hydrogen-bond acceptors (Lipinski definition) is 10. The molecule has 0 aromatic rings. The predicted octanol–water partition coefficient (Wildman–Crippen LogP) is 3.60. The summed E-state index contributed by atoms with van der Waals surface area (Å²) in [5.41, 5.74) is 5.83. The molecule has 9 atom stereocenters. The largest absolute Gasteiger partial charge is 0.481 e. The van der Waals surface area contributed by atoms with Crippen LogP contribution in [0.2, 0.25) is 0 Å². The Morgan fingerprint density at radius 2 is 1.66 bits per heavy atom. The van der Waals surface area contributed by atoms with E-state index in [1.807, 2.05) is 6.92 Å². The molecule has 0 saturated heterocycles. The number of rotatable bonds is 18. The van der Waals surface area contributed by atoms with Gasteiger partial charge in [-0.05, 0) is 38.3 Å². The number of halogens is 2. The zero-order chi connectivity index (χ0) is 35.7. The highest BCUT2D eigenvalue weighted by Crippen LogP contribution is 2.27. The molecule has 1 saturated carbocycles. The summed E-state index contributed by atoms with van der Waals surface area (Å²) in [4.78, 5) is 47.0. The number of carbonyl (C=O) groups is 4. The van der Waals surface area contributed by atoms with Crippen LogP contribution >= 0.6 is 23.2 Å². The molecule has 0 aromatic heterocycles. The van der Waals surface area contributed by atoms with Crippen LogP contribution in [-0.4, -0.2) is 91.3 Å². The van der Waals surface area contributed by atoms with Crippen LogP contribution in [0.5, 0.6) is 0 Å². The van der Waals surface area contributed by atoms with E-state index in [0.29, 0.717) is 12.8 Å². The van der Waals surface area contributed by atoms with E-state index < -0.39 is 84.1 Å². The zero-order valence-electron chi connectivity index (χ0n) is 26.5. The van der Waals surface area contributed by atoms with E-state index >= 15 is 0 Å². The SMILES string of the molecule is CC/C=C/C(OC(N)=O)C(Cl)C(O)CC(=O)C(O)C(O)C(C)/C(Cl)=C/C=C/C=C(C)/C=C/C=C/C(=O)O[C@@H]1C[C@@H](C(=O)O)CC[C@@H]1O. The second-order valence-electron chi connectivity index (χ2n) is 11.1. The number of aliphatic hydroxyl groups is 4. The number of primary amides is 1. The van der Waals surface area contributed by atoms with Gasteiger partial charge >= 0.3 is 18.0 Å². The van der Waals surface area contributed by atoms with Crippen LogP contribution < -0.4 is 5.73 Å². The first-order chi connectivity index (χ1) is 22.1. The first kappa shape index (κ1) is 41.8.